The smallest absolute Gasteiger partial charge is 0.159 e. The summed E-state index contributed by atoms with van der Waals surface area (Å²) >= 11 is 0. The van der Waals surface area contributed by atoms with Crippen molar-refractivity contribution in [3.8, 4) is 5.75 Å². The van der Waals surface area contributed by atoms with Gasteiger partial charge in [0, 0.05) is 23.7 Å². The van der Waals surface area contributed by atoms with Crippen LogP contribution >= 0.6 is 0 Å². The van der Waals surface area contributed by atoms with Crippen molar-refractivity contribution < 1.29 is 9.53 Å². The highest BCUT2D eigenvalue weighted by Crippen LogP contribution is 2.29. The summed E-state index contributed by atoms with van der Waals surface area (Å²) in [6, 6.07) is 6.44. The van der Waals surface area contributed by atoms with Crippen molar-refractivity contribution in [3.05, 3.63) is 29.3 Å². The maximum Gasteiger partial charge on any atom is 0.159 e. The molecular weight excluding hydrogens is 262 g/mol. The Morgan fingerprint density at radius 2 is 2.19 bits per heavy atom. The lowest BCUT2D eigenvalue weighted by Crippen LogP contribution is -2.33. The van der Waals surface area contributed by atoms with E-state index in [1.165, 1.54) is 12.8 Å². The van der Waals surface area contributed by atoms with E-state index < -0.39 is 0 Å². The standard InChI is InChI=1S/C18H27NO2/c1-5-21-18-9-8-15(14(4)20)11-16(18)12-19-10-6-7-17(19)13(2)3/h8-9,11,13,17H,5-7,10,12H2,1-4H3. The number of hydrogen-bond acceptors (Lipinski definition) is 3. The summed E-state index contributed by atoms with van der Waals surface area (Å²) in [6.45, 7) is 10.9. The molecule has 0 bridgehead atoms. The number of rotatable bonds is 6. The van der Waals surface area contributed by atoms with Gasteiger partial charge in [-0.1, -0.05) is 13.8 Å². The molecule has 1 aromatic carbocycles. The Hall–Kier alpha value is -1.35. The first-order valence-corrected chi connectivity index (χ1v) is 8.03. The number of benzene rings is 1. The Morgan fingerprint density at radius 1 is 1.43 bits per heavy atom. The summed E-state index contributed by atoms with van der Waals surface area (Å²) in [7, 11) is 0. The van der Waals surface area contributed by atoms with Crippen molar-refractivity contribution >= 4 is 5.78 Å². The van der Waals surface area contributed by atoms with E-state index in [-0.39, 0.29) is 5.78 Å². The molecule has 3 nitrogen and oxygen atoms in total. The highest BCUT2D eigenvalue weighted by molar-refractivity contribution is 5.94. The van der Waals surface area contributed by atoms with Crippen molar-refractivity contribution in [1.82, 2.24) is 4.90 Å². The topological polar surface area (TPSA) is 29.5 Å². The molecule has 1 fully saturated rings. The van der Waals surface area contributed by atoms with Gasteiger partial charge in [-0.05, 0) is 57.4 Å². The number of ketones is 1. The van der Waals surface area contributed by atoms with Crippen LogP contribution in [0, 0.1) is 5.92 Å². The molecule has 0 N–H and O–H groups in total. The van der Waals surface area contributed by atoms with Crippen molar-refractivity contribution in [1.29, 1.82) is 0 Å². The van der Waals surface area contributed by atoms with Crippen LogP contribution in [0.2, 0.25) is 0 Å². The molecule has 1 heterocycles. The van der Waals surface area contributed by atoms with E-state index in [9.17, 15) is 4.79 Å². The third-order valence-corrected chi connectivity index (χ3v) is 4.32. The summed E-state index contributed by atoms with van der Waals surface area (Å²) in [6.07, 6.45) is 2.53. The van der Waals surface area contributed by atoms with Crippen LogP contribution < -0.4 is 4.74 Å². The lowest BCUT2D eigenvalue weighted by molar-refractivity contribution is 0.101. The molecule has 1 saturated heterocycles. The first-order valence-electron chi connectivity index (χ1n) is 8.03. The minimum atomic E-state index is 0.112. The maximum atomic E-state index is 11.6. The van der Waals surface area contributed by atoms with Gasteiger partial charge in [0.15, 0.2) is 5.78 Å². The van der Waals surface area contributed by atoms with Gasteiger partial charge in [0.2, 0.25) is 0 Å². The van der Waals surface area contributed by atoms with E-state index in [0.29, 0.717) is 18.6 Å². The maximum absolute atomic E-state index is 11.6. The van der Waals surface area contributed by atoms with Crippen LogP contribution in [0.1, 0.15) is 56.5 Å². The van der Waals surface area contributed by atoms with Crippen LogP contribution in [-0.4, -0.2) is 29.9 Å². The molecule has 2 rings (SSSR count). The van der Waals surface area contributed by atoms with E-state index in [1.54, 1.807) is 6.92 Å². The predicted molar refractivity (Wildman–Crippen MR) is 85.9 cm³/mol. The molecule has 1 atom stereocenters. The van der Waals surface area contributed by atoms with Gasteiger partial charge >= 0.3 is 0 Å². The SMILES string of the molecule is CCOc1ccc(C(C)=O)cc1CN1CCCC1C(C)C. The van der Waals surface area contributed by atoms with Crippen molar-refractivity contribution in [2.75, 3.05) is 13.2 Å². The summed E-state index contributed by atoms with van der Waals surface area (Å²) in [5, 5.41) is 0. The average Bonchev–Trinajstić information content (AvgIpc) is 2.89. The Bertz CT molecular complexity index is 496. The van der Waals surface area contributed by atoms with Crippen LogP contribution in [-0.2, 0) is 6.54 Å². The number of carbonyl (C=O) groups is 1. The summed E-state index contributed by atoms with van der Waals surface area (Å²) in [4.78, 5) is 14.2. The lowest BCUT2D eigenvalue weighted by atomic mass is 10.0. The molecule has 1 unspecified atom stereocenters. The van der Waals surface area contributed by atoms with Gasteiger partial charge in [0.05, 0.1) is 6.61 Å². The molecule has 3 heteroatoms. The predicted octanol–water partition coefficient (Wildman–Crippen LogP) is 3.91. The normalized spacial score (nSPS) is 19.2. The second kappa shape index (κ2) is 7.08. The number of Topliss-reactive ketones (excluding diaryl/α,β-unsaturated/α-hetero) is 1. The minimum absolute atomic E-state index is 0.112. The number of hydrogen-bond donors (Lipinski definition) is 0. The number of carbonyl (C=O) groups excluding carboxylic acids is 1. The average molecular weight is 289 g/mol. The summed E-state index contributed by atoms with van der Waals surface area (Å²) in [5.41, 5.74) is 1.91. The summed E-state index contributed by atoms with van der Waals surface area (Å²) in [5.74, 6) is 1.69. The van der Waals surface area contributed by atoms with Crippen LogP contribution in [0.5, 0.6) is 5.75 Å². The highest BCUT2D eigenvalue weighted by atomic mass is 16.5. The third-order valence-electron chi connectivity index (χ3n) is 4.32. The van der Waals surface area contributed by atoms with Gasteiger partial charge in [-0.25, -0.2) is 0 Å². The van der Waals surface area contributed by atoms with E-state index in [2.05, 4.69) is 18.7 Å². The minimum Gasteiger partial charge on any atom is -0.494 e. The fraction of sp³-hybridized carbons (Fsp3) is 0.611. The molecule has 116 valence electrons. The van der Waals surface area contributed by atoms with E-state index in [1.807, 2.05) is 25.1 Å². The number of ether oxygens (including phenoxy) is 1. The van der Waals surface area contributed by atoms with Crippen molar-refractivity contribution in [2.45, 2.75) is 53.1 Å². The molecule has 0 saturated carbocycles. The second-order valence-corrected chi connectivity index (χ2v) is 6.24. The molecular formula is C18H27NO2. The lowest BCUT2D eigenvalue weighted by Gasteiger charge is -2.28. The fourth-order valence-corrected chi connectivity index (χ4v) is 3.24. The first kappa shape index (κ1) is 16.0. The van der Waals surface area contributed by atoms with Crippen molar-refractivity contribution in [3.63, 3.8) is 0 Å². The fourth-order valence-electron chi connectivity index (χ4n) is 3.24. The van der Waals surface area contributed by atoms with Crippen LogP contribution in [0.4, 0.5) is 0 Å². The van der Waals surface area contributed by atoms with Crippen LogP contribution in [0.3, 0.4) is 0 Å². The second-order valence-electron chi connectivity index (χ2n) is 6.24. The van der Waals surface area contributed by atoms with Gasteiger partial charge in [-0.15, -0.1) is 0 Å². The number of likely N-dealkylation sites (tertiary alicyclic amines) is 1. The Morgan fingerprint density at radius 3 is 2.81 bits per heavy atom. The van der Waals surface area contributed by atoms with E-state index in [4.69, 9.17) is 4.74 Å². The van der Waals surface area contributed by atoms with Crippen LogP contribution in [0.15, 0.2) is 18.2 Å². The summed E-state index contributed by atoms with van der Waals surface area (Å²) < 4.78 is 5.74. The monoisotopic (exact) mass is 289 g/mol. The molecule has 0 amide bonds. The van der Waals surface area contributed by atoms with Crippen LogP contribution in [0.25, 0.3) is 0 Å². The third kappa shape index (κ3) is 3.85. The number of nitrogens with zero attached hydrogens (tertiary/aromatic N) is 1. The Kier molecular flexibility index (Phi) is 5.40. The molecule has 1 aromatic rings. The zero-order valence-electron chi connectivity index (χ0n) is 13.7. The molecule has 0 spiro atoms. The van der Waals surface area contributed by atoms with Gasteiger partial charge in [-0.3, -0.25) is 9.69 Å². The Balaban J connectivity index is 2.23. The molecule has 0 aliphatic carbocycles. The quantitative estimate of drug-likeness (QED) is 0.744. The molecule has 1 aliphatic rings. The Labute approximate surface area is 128 Å². The highest BCUT2D eigenvalue weighted by Gasteiger charge is 2.27. The van der Waals surface area contributed by atoms with Gasteiger partial charge in [0.25, 0.3) is 0 Å². The van der Waals surface area contributed by atoms with E-state index >= 15 is 0 Å². The molecule has 0 aromatic heterocycles. The molecule has 21 heavy (non-hydrogen) atoms. The molecule has 1 aliphatic heterocycles. The first-order chi connectivity index (χ1) is 10.0. The van der Waals surface area contributed by atoms with Gasteiger partial charge in [0.1, 0.15) is 5.75 Å². The van der Waals surface area contributed by atoms with Gasteiger partial charge < -0.3 is 4.74 Å². The zero-order valence-corrected chi connectivity index (χ0v) is 13.7. The van der Waals surface area contributed by atoms with Gasteiger partial charge in [-0.2, -0.15) is 0 Å². The largest absolute Gasteiger partial charge is 0.494 e. The zero-order chi connectivity index (χ0) is 15.4. The molecule has 0 radical (unpaired) electrons. The van der Waals surface area contributed by atoms with Crippen molar-refractivity contribution in [2.24, 2.45) is 5.92 Å². The van der Waals surface area contributed by atoms with E-state index in [0.717, 1.165) is 30.0 Å².